The quantitative estimate of drug-likeness (QED) is 0.471. The molecule has 0 heterocycles. The van der Waals surface area contributed by atoms with Crippen molar-refractivity contribution in [1.29, 1.82) is 0 Å². The van der Waals surface area contributed by atoms with Gasteiger partial charge in [-0.25, -0.2) is 4.79 Å². The maximum Gasteiger partial charge on any atom is 0.404 e. The van der Waals surface area contributed by atoms with Crippen molar-refractivity contribution >= 4 is 6.09 Å². The van der Waals surface area contributed by atoms with Crippen LogP contribution in [0.15, 0.2) is 0 Å². The van der Waals surface area contributed by atoms with E-state index in [2.05, 4.69) is 23.9 Å². The topological polar surface area (TPSA) is 93.8 Å². The van der Waals surface area contributed by atoms with E-state index in [1.165, 1.54) is 0 Å². The summed E-state index contributed by atoms with van der Waals surface area (Å²) in [7, 11) is 0. The Bertz CT molecular complexity index is 212. The van der Waals surface area contributed by atoms with Crippen molar-refractivity contribution in [2.45, 2.75) is 32.8 Å². The number of nitrogens with one attached hydrogen (secondary N) is 1. The lowest BCUT2D eigenvalue weighted by Gasteiger charge is -2.12. The van der Waals surface area contributed by atoms with Crippen molar-refractivity contribution in [3.63, 3.8) is 0 Å². The third kappa shape index (κ3) is 13.2. The second-order valence-electron chi connectivity index (χ2n) is 4.64. The van der Waals surface area contributed by atoms with Crippen LogP contribution in [0, 0.1) is 5.92 Å². The standard InChI is InChI=1S/C12H26N2O4/c1-10(2)4-3-6-17-9-11(15)8-14-5-7-18-12(13)16/h10-11,14-15H,3-9H2,1-2H3,(H2,13,16). The van der Waals surface area contributed by atoms with E-state index in [0.29, 0.717) is 32.2 Å². The Hall–Kier alpha value is -0.850. The minimum Gasteiger partial charge on any atom is -0.448 e. The van der Waals surface area contributed by atoms with Gasteiger partial charge in [0.05, 0.1) is 12.7 Å². The number of carbonyl (C=O) groups is 1. The smallest absolute Gasteiger partial charge is 0.404 e. The van der Waals surface area contributed by atoms with Crippen LogP contribution in [0.25, 0.3) is 0 Å². The summed E-state index contributed by atoms with van der Waals surface area (Å²) in [5.74, 6) is 0.686. The molecular formula is C12H26N2O4. The van der Waals surface area contributed by atoms with Crippen LogP contribution in [0.4, 0.5) is 4.79 Å². The Morgan fingerprint density at radius 2 is 2.11 bits per heavy atom. The van der Waals surface area contributed by atoms with Gasteiger partial charge in [0.15, 0.2) is 0 Å². The van der Waals surface area contributed by atoms with E-state index >= 15 is 0 Å². The lowest BCUT2D eigenvalue weighted by Crippen LogP contribution is -2.33. The molecule has 0 aromatic carbocycles. The van der Waals surface area contributed by atoms with E-state index < -0.39 is 12.2 Å². The predicted molar refractivity (Wildman–Crippen MR) is 69.3 cm³/mol. The summed E-state index contributed by atoms with van der Waals surface area (Å²) in [6.45, 7) is 6.43. The number of aliphatic hydroxyl groups excluding tert-OH is 1. The van der Waals surface area contributed by atoms with Crippen molar-refractivity contribution in [3.8, 4) is 0 Å². The van der Waals surface area contributed by atoms with Crippen LogP contribution in [-0.4, -0.2) is 50.2 Å². The van der Waals surface area contributed by atoms with Crippen LogP contribution < -0.4 is 11.1 Å². The van der Waals surface area contributed by atoms with Gasteiger partial charge in [-0.15, -0.1) is 0 Å². The van der Waals surface area contributed by atoms with E-state index in [-0.39, 0.29) is 6.61 Å². The molecule has 18 heavy (non-hydrogen) atoms. The number of primary amides is 1. The SMILES string of the molecule is CC(C)CCCOCC(O)CNCCOC(N)=O. The summed E-state index contributed by atoms with van der Waals surface area (Å²) >= 11 is 0. The predicted octanol–water partition coefficient (Wildman–Crippen LogP) is 0.485. The summed E-state index contributed by atoms with van der Waals surface area (Å²) in [5, 5.41) is 12.5. The summed E-state index contributed by atoms with van der Waals surface area (Å²) in [6, 6.07) is 0. The maximum absolute atomic E-state index is 10.2. The lowest BCUT2D eigenvalue weighted by molar-refractivity contribution is 0.0343. The zero-order chi connectivity index (χ0) is 13.8. The Labute approximate surface area is 109 Å². The molecule has 4 N–H and O–H groups in total. The number of hydrogen-bond donors (Lipinski definition) is 3. The molecule has 0 bridgehead atoms. The molecule has 0 saturated carbocycles. The zero-order valence-electron chi connectivity index (χ0n) is 11.4. The Morgan fingerprint density at radius 3 is 2.72 bits per heavy atom. The van der Waals surface area contributed by atoms with Crippen LogP contribution in [-0.2, 0) is 9.47 Å². The monoisotopic (exact) mass is 262 g/mol. The fraction of sp³-hybridized carbons (Fsp3) is 0.917. The average Bonchev–Trinajstić information content (AvgIpc) is 2.27. The molecule has 0 rings (SSSR count). The highest BCUT2D eigenvalue weighted by Gasteiger charge is 2.04. The summed E-state index contributed by atoms with van der Waals surface area (Å²) < 4.78 is 9.87. The molecule has 0 aliphatic rings. The summed E-state index contributed by atoms with van der Waals surface area (Å²) in [5.41, 5.74) is 4.79. The maximum atomic E-state index is 10.2. The Morgan fingerprint density at radius 1 is 1.39 bits per heavy atom. The van der Waals surface area contributed by atoms with Gasteiger partial charge in [-0.05, 0) is 18.8 Å². The lowest BCUT2D eigenvalue weighted by atomic mass is 10.1. The minimum atomic E-state index is -0.786. The Kier molecular flexibility index (Phi) is 10.7. The van der Waals surface area contributed by atoms with Gasteiger partial charge in [0.2, 0.25) is 0 Å². The molecule has 0 aromatic heterocycles. The third-order valence-electron chi connectivity index (χ3n) is 2.28. The van der Waals surface area contributed by atoms with E-state index in [1.54, 1.807) is 0 Å². The van der Waals surface area contributed by atoms with Crippen molar-refractivity contribution in [2.24, 2.45) is 11.7 Å². The molecular weight excluding hydrogens is 236 g/mol. The Balaban J connectivity index is 3.22. The van der Waals surface area contributed by atoms with Crippen LogP contribution in [0.1, 0.15) is 26.7 Å². The second-order valence-corrected chi connectivity index (χ2v) is 4.64. The normalized spacial score (nSPS) is 12.7. The molecule has 0 aromatic rings. The van der Waals surface area contributed by atoms with Gasteiger partial charge in [0.25, 0.3) is 0 Å². The summed E-state index contributed by atoms with van der Waals surface area (Å²) in [4.78, 5) is 10.2. The van der Waals surface area contributed by atoms with Crippen LogP contribution >= 0.6 is 0 Å². The molecule has 108 valence electrons. The molecule has 6 nitrogen and oxygen atoms in total. The second kappa shape index (κ2) is 11.3. The molecule has 0 radical (unpaired) electrons. The molecule has 1 amide bonds. The van der Waals surface area contributed by atoms with Gasteiger partial charge in [-0.3, -0.25) is 0 Å². The van der Waals surface area contributed by atoms with E-state index in [9.17, 15) is 9.90 Å². The highest BCUT2D eigenvalue weighted by molar-refractivity contribution is 5.64. The highest BCUT2D eigenvalue weighted by atomic mass is 16.5. The fourth-order valence-corrected chi connectivity index (χ4v) is 1.36. The van der Waals surface area contributed by atoms with Gasteiger partial charge in [0, 0.05) is 19.7 Å². The van der Waals surface area contributed by atoms with Crippen molar-refractivity contribution < 1.29 is 19.4 Å². The minimum absolute atomic E-state index is 0.206. The van der Waals surface area contributed by atoms with Gasteiger partial charge in [0.1, 0.15) is 6.61 Å². The number of ether oxygens (including phenoxy) is 2. The van der Waals surface area contributed by atoms with Crippen LogP contribution in [0.3, 0.4) is 0 Å². The zero-order valence-corrected chi connectivity index (χ0v) is 11.4. The average molecular weight is 262 g/mol. The van der Waals surface area contributed by atoms with Gasteiger partial charge < -0.3 is 25.6 Å². The molecule has 0 aliphatic carbocycles. The van der Waals surface area contributed by atoms with Crippen LogP contribution in [0.5, 0.6) is 0 Å². The fourth-order valence-electron chi connectivity index (χ4n) is 1.36. The van der Waals surface area contributed by atoms with E-state index in [0.717, 1.165) is 12.8 Å². The first-order chi connectivity index (χ1) is 8.52. The first-order valence-electron chi connectivity index (χ1n) is 6.41. The molecule has 1 atom stereocenters. The van der Waals surface area contributed by atoms with Gasteiger partial charge in [-0.1, -0.05) is 13.8 Å². The van der Waals surface area contributed by atoms with Crippen molar-refractivity contribution in [1.82, 2.24) is 5.32 Å². The number of nitrogens with two attached hydrogens (primary N) is 1. The first kappa shape index (κ1) is 17.2. The molecule has 0 spiro atoms. The van der Waals surface area contributed by atoms with Gasteiger partial charge >= 0.3 is 6.09 Å². The van der Waals surface area contributed by atoms with Crippen LogP contribution in [0.2, 0.25) is 0 Å². The number of hydrogen-bond acceptors (Lipinski definition) is 5. The molecule has 1 unspecified atom stereocenters. The number of rotatable bonds is 11. The molecule has 6 heteroatoms. The highest BCUT2D eigenvalue weighted by Crippen LogP contribution is 2.03. The van der Waals surface area contributed by atoms with E-state index in [1.807, 2.05) is 0 Å². The largest absolute Gasteiger partial charge is 0.448 e. The third-order valence-corrected chi connectivity index (χ3v) is 2.28. The van der Waals surface area contributed by atoms with Gasteiger partial charge in [-0.2, -0.15) is 0 Å². The number of carbonyl (C=O) groups excluding carboxylic acids is 1. The molecule has 0 fully saturated rings. The molecule has 0 aliphatic heterocycles. The first-order valence-corrected chi connectivity index (χ1v) is 6.41. The van der Waals surface area contributed by atoms with Crippen molar-refractivity contribution in [3.05, 3.63) is 0 Å². The number of amides is 1. The summed E-state index contributed by atoms with van der Waals surface area (Å²) in [6.07, 6.45) is 0.826. The van der Waals surface area contributed by atoms with E-state index in [4.69, 9.17) is 10.5 Å². The van der Waals surface area contributed by atoms with Crippen molar-refractivity contribution in [2.75, 3.05) is 32.9 Å². The number of aliphatic hydroxyl groups is 1. The molecule has 0 saturated heterocycles.